The minimum atomic E-state index is -0.0105. The molecule has 1 saturated heterocycles. The molecule has 138 valence electrons. The molecule has 1 amide bonds. The summed E-state index contributed by atoms with van der Waals surface area (Å²) in [7, 11) is 0. The first-order chi connectivity index (χ1) is 12.7. The van der Waals surface area contributed by atoms with Crippen LogP contribution in [0.25, 0.3) is 0 Å². The van der Waals surface area contributed by atoms with Crippen LogP contribution < -0.4 is 0 Å². The highest BCUT2D eigenvalue weighted by Gasteiger charge is 2.27. The second-order valence-corrected chi connectivity index (χ2v) is 6.91. The van der Waals surface area contributed by atoms with Gasteiger partial charge in [0.2, 0.25) is 5.91 Å². The number of benzene rings is 2. The number of carbonyl (C=O) groups is 1. The average Bonchev–Trinajstić information content (AvgIpc) is 2.69. The fourth-order valence-corrected chi connectivity index (χ4v) is 3.48. The third-order valence-corrected chi connectivity index (χ3v) is 4.97. The number of amides is 1. The molecule has 0 spiro atoms. The van der Waals surface area contributed by atoms with Gasteiger partial charge >= 0.3 is 0 Å². The molecule has 3 rings (SSSR count). The van der Waals surface area contributed by atoms with E-state index in [0.717, 1.165) is 44.5 Å². The highest BCUT2D eigenvalue weighted by atomic mass is 16.7. The second kappa shape index (κ2) is 9.51. The Kier molecular flexibility index (Phi) is 6.81. The maximum atomic E-state index is 12.0. The number of rotatable bonds is 7. The van der Waals surface area contributed by atoms with Crippen molar-refractivity contribution in [2.75, 3.05) is 19.6 Å². The smallest absolute Gasteiger partial charge is 0.243 e. The van der Waals surface area contributed by atoms with Crippen LogP contribution in [0.5, 0.6) is 0 Å². The van der Waals surface area contributed by atoms with Gasteiger partial charge in [-0.05, 0) is 30.4 Å². The summed E-state index contributed by atoms with van der Waals surface area (Å²) in [6.45, 7) is 5.12. The monoisotopic (exact) mass is 352 g/mol. The molecule has 0 unspecified atom stereocenters. The fraction of sp³-hybridized carbons (Fsp3) is 0.409. The van der Waals surface area contributed by atoms with Gasteiger partial charge in [-0.25, -0.2) is 5.06 Å². The number of hydrogen-bond acceptors (Lipinski definition) is 3. The van der Waals surface area contributed by atoms with E-state index < -0.39 is 0 Å². The largest absolute Gasteiger partial charge is 0.303 e. The Bertz CT molecular complexity index is 667. The molecule has 0 bridgehead atoms. The predicted octanol–water partition coefficient (Wildman–Crippen LogP) is 3.67. The van der Waals surface area contributed by atoms with Crippen LogP contribution in [0.15, 0.2) is 60.7 Å². The van der Waals surface area contributed by atoms with Crippen LogP contribution in [0.2, 0.25) is 0 Å². The summed E-state index contributed by atoms with van der Waals surface area (Å²) >= 11 is 0. The molecule has 0 N–H and O–H groups in total. The number of carbonyl (C=O) groups excluding carboxylic acids is 1. The van der Waals surface area contributed by atoms with Crippen LogP contribution in [-0.4, -0.2) is 41.5 Å². The molecule has 1 heterocycles. The summed E-state index contributed by atoms with van der Waals surface area (Å²) in [5.41, 5.74) is 2.46. The lowest BCUT2D eigenvalue weighted by Crippen LogP contribution is -2.47. The molecule has 1 aliphatic heterocycles. The number of likely N-dealkylation sites (tertiary alicyclic amines) is 1. The van der Waals surface area contributed by atoms with Crippen LogP contribution in [-0.2, 0) is 22.7 Å². The quantitative estimate of drug-likeness (QED) is 0.713. The van der Waals surface area contributed by atoms with Crippen LogP contribution in [0.4, 0.5) is 0 Å². The first kappa shape index (κ1) is 18.6. The van der Waals surface area contributed by atoms with Crippen molar-refractivity contribution in [2.24, 2.45) is 0 Å². The molecule has 2 aromatic carbocycles. The van der Waals surface area contributed by atoms with E-state index in [1.54, 1.807) is 12.0 Å². The minimum Gasteiger partial charge on any atom is -0.303 e. The highest BCUT2D eigenvalue weighted by Crippen LogP contribution is 2.19. The second-order valence-electron chi connectivity index (χ2n) is 6.91. The zero-order valence-electron chi connectivity index (χ0n) is 15.5. The summed E-state index contributed by atoms with van der Waals surface area (Å²) in [4.78, 5) is 20.4. The van der Waals surface area contributed by atoms with Crippen molar-refractivity contribution >= 4 is 5.91 Å². The van der Waals surface area contributed by atoms with Gasteiger partial charge in [-0.15, -0.1) is 0 Å². The first-order valence-corrected chi connectivity index (χ1v) is 9.45. The third-order valence-electron chi connectivity index (χ3n) is 4.97. The summed E-state index contributed by atoms with van der Waals surface area (Å²) in [5, 5.41) is 1.60. The molecule has 1 fully saturated rings. The highest BCUT2D eigenvalue weighted by molar-refractivity contribution is 5.72. The molecule has 1 aliphatic rings. The topological polar surface area (TPSA) is 32.8 Å². The van der Waals surface area contributed by atoms with Crippen molar-refractivity contribution in [3.63, 3.8) is 0 Å². The van der Waals surface area contributed by atoms with Gasteiger partial charge in [0.15, 0.2) is 0 Å². The van der Waals surface area contributed by atoms with E-state index in [2.05, 4.69) is 35.2 Å². The minimum absolute atomic E-state index is 0.0105. The predicted molar refractivity (Wildman–Crippen MR) is 103 cm³/mol. The van der Waals surface area contributed by atoms with Crippen molar-refractivity contribution in [1.29, 1.82) is 0 Å². The van der Waals surface area contributed by atoms with Gasteiger partial charge < -0.3 is 4.90 Å². The lowest BCUT2D eigenvalue weighted by molar-refractivity contribution is -0.208. The molecule has 0 atom stereocenters. The number of piperidine rings is 1. The molecule has 4 heteroatoms. The molecule has 2 aromatic rings. The van der Waals surface area contributed by atoms with Gasteiger partial charge in [0.05, 0.1) is 6.04 Å². The zero-order chi connectivity index (χ0) is 18.2. The van der Waals surface area contributed by atoms with Crippen molar-refractivity contribution < 1.29 is 9.63 Å². The number of hydroxylamine groups is 2. The molecular weight excluding hydrogens is 324 g/mol. The Morgan fingerprint density at radius 2 is 1.58 bits per heavy atom. The van der Waals surface area contributed by atoms with E-state index in [1.165, 1.54) is 5.56 Å². The van der Waals surface area contributed by atoms with Crippen LogP contribution in [0.3, 0.4) is 0 Å². The van der Waals surface area contributed by atoms with Crippen molar-refractivity contribution in [3.8, 4) is 0 Å². The van der Waals surface area contributed by atoms with Gasteiger partial charge in [0, 0.05) is 26.6 Å². The summed E-state index contributed by atoms with van der Waals surface area (Å²) < 4.78 is 0. The van der Waals surface area contributed by atoms with Crippen LogP contribution in [0.1, 0.15) is 30.9 Å². The van der Waals surface area contributed by atoms with Crippen LogP contribution >= 0.6 is 0 Å². The number of nitrogens with zero attached hydrogens (tertiary/aromatic N) is 2. The molecule has 26 heavy (non-hydrogen) atoms. The van der Waals surface area contributed by atoms with Crippen molar-refractivity contribution in [3.05, 3.63) is 71.8 Å². The molecule has 0 aliphatic carbocycles. The maximum Gasteiger partial charge on any atom is 0.243 e. The van der Waals surface area contributed by atoms with E-state index in [4.69, 9.17) is 4.84 Å². The van der Waals surface area contributed by atoms with E-state index >= 15 is 0 Å². The summed E-state index contributed by atoms with van der Waals surface area (Å²) in [5.74, 6) is -0.0105. The molecular formula is C22H28N2O2. The lowest BCUT2D eigenvalue weighted by Gasteiger charge is -2.37. The van der Waals surface area contributed by atoms with Gasteiger partial charge in [0.25, 0.3) is 0 Å². The first-order valence-electron chi connectivity index (χ1n) is 9.45. The van der Waals surface area contributed by atoms with E-state index in [-0.39, 0.29) is 11.9 Å². The fourth-order valence-electron chi connectivity index (χ4n) is 3.48. The molecule has 0 saturated carbocycles. The van der Waals surface area contributed by atoms with Gasteiger partial charge in [-0.1, -0.05) is 60.7 Å². The maximum absolute atomic E-state index is 12.0. The summed E-state index contributed by atoms with van der Waals surface area (Å²) in [6.07, 6.45) is 3.00. The Morgan fingerprint density at radius 1 is 1.00 bits per heavy atom. The van der Waals surface area contributed by atoms with Gasteiger partial charge in [0.1, 0.15) is 6.61 Å². The lowest BCUT2D eigenvalue weighted by atomic mass is 10.0. The van der Waals surface area contributed by atoms with Gasteiger partial charge in [-0.2, -0.15) is 0 Å². The molecule has 0 aromatic heterocycles. The van der Waals surface area contributed by atoms with E-state index in [0.29, 0.717) is 6.61 Å². The average molecular weight is 352 g/mol. The van der Waals surface area contributed by atoms with E-state index in [1.807, 2.05) is 30.3 Å². The Labute approximate surface area is 156 Å². The molecule has 4 nitrogen and oxygen atoms in total. The normalized spacial score (nSPS) is 15.7. The number of hydrogen-bond donors (Lipinski definition) is 0. The Balaban J connectivity index is 1.46. The Hall–Kier alpha value is -2.17. The van der Waals surface area contributed by atoms with Crippen molar-refractivity contribution in [1.82, 2.24) is 9.96 Å². The van der Waals surface area contributed by atoms with Crippen molar-refractivity contribution in [2.45, 2.75) is 38.8 Å². The standard InChI is InChI=1S/C22H28N2O2/c1-19(25)24(26-18-21-10-6-3-7-11-21)22-13-16-23(17-14-22)15-12-20-8-4-2-5-9-20/h2-11,22H,12-18H2,1H3. The summed E-state index contributed by atoms with van der Waals surface area (Å²) in [6, 6.07) is 20.8. The Morgan fingerprint density at radius 3 is 2.15 bits per heavy atom. The molecule has 0 radical (unpaired) electrons. The third kappa shape index (κ3) is 5.41. The zero-order valence-corrected chi connectivity index (χ0v) is 15.5. The van der Waals surface area contributed by atoms with E-state index in [9.17, 15) is 4.79 Å². The van der Waals surface area contributed by atoms with Gasteiger partial charge in [-0.3, -0.25) is 9.63 Å². The van der Waals surface area contributed by atoms with Crippen LogP contribution in [0, 0.1) is 0 Å². The SMILES string of the molecule is CC(=O)N(OCc1ccccc1)C1CCN(CCc2ccccc2)CC1.